The Morgan fingerprint density at radius 3 is 2.81 bits per heavy atom. The summed E-state index contributed by atoms with van der Waals surface area (Å²) in [5.74, 6) is -0.273. The molecule has 2 heterocycles. The Labute approximate surface area is 183 Å². The number of rotatable bonds is 4. The lowest BCUT2D eigenvalue weighted by molar-refractivity contribution is 0.111. The molecule has 2 amide bonds. The normalized spacial score (nSPS) is 14.8. The minimum absolute atomic E-state index is 0.00697. The minimum atomic E-state index is -0.273. The van der Waals surface area contributed by atoms with Crippen LogP contribution in [0.1, 0.15) is 18.4 Å². The number of carbonyl (C=O) groups is 1. The summed E-state index contributed by atoms with van der Waals surface area (Å²) in [6.07, 6.45) is 1.49. The van der Waals surface area contributed by atoms with Crippen LogP contribution in [0.2, 0.25) is 0 Å². The van der Waals surface area contributed by atoms with Gasteiger partial charge in [0.15, 0.2) is 0 Å². The number of nitrogens with zero attached hydrogens (tertiary/aromatic N) is 2. The van der Waals surface area contributed by atoms with E-state index in [1.165, 1.54) is 28.9 Å². The SMILES string of the molecule is O=C(NCc1cccc2ccccc12)N1CCC(Oc2nc3ccc(F)cc3s2)CC1. The molecule has 158 valence electrons. The molecule has 0 bridgehead atoms. The van der Waals surface area contributed by atoms with E-state index in [9.17, 15) is 9.18 Å². The van der Waals surface area contributed by atoms with E-state index in [0.717, 1.165) is 34.0 Å². The predicted octanol–water partition coefficient (Wildman–Crippen LogP) is 5.34. The zero-order chi connectivity index (χ0) is 21.2. The molecule has 0 aliphatic carbocycles. The van der Waals surface area contributed by atoms with Gasteiger partial charge in [-0.3, -0.25) is 0 Å². The van der Waals surface area contributed by atoms with Crippen molar-refractivity contribution in [2.45, 2.75) is 25.5 Å². The van der Waals surface area contributed by atoms with Crippen LogP contribution < -0.4 is 10.1 Å². The standard InChI is InChI=1S/C24H22FN3O2S/c25-18-8-9-21-22(14-18)31-24(27-21)30-19-10-12-28(13-11-19)23(29)26-15-17-6-3-5-16-4-1-2-7-20(16)17/h1-9,14,19H,10-13,15H2,(H,26,29). The first kappa shape index (κ1) is 19.8. The number of benzene rings is 3. The van der Waals surface area contributed by atoms with Gasteiger partial charge in [0.1, 0.15) is 11.9 Å². The zero-order valence-electron chi connectivity index (χ0n) is 16.9. The molecule has 3 aromatic carbocycles. The van der Waals surface area contributed by atoms with Gasteiger partial charge in [0.2, 0.25) is 0 Å². The van der Waals surface area contributed by atoms with E-state index in [1.807, 2.05) is 29.2 Å². The number of thiazole rings is 1. The number of aromatic nitrogens is 1. The molecule has 1 aliphatic heterocycles. The maximum absolute atomic E-state index is 13.4. The summed E-state index contributed by atoms with van der Waals surface area (Å²) in [7, 11) is 0. The van der Waals surface area contributed by atoms with Gasteiger partial charge in [-0.25, -0.2) is 14.2 Å². The molecule has 1 aliphatic rings. The van der Waals surface area contributed by atoms with Crippen molar-refractivity contribution in [3.8, 4) is 5.19 Å². The molecule has 5 nitrogen and oxygen atoms in total. The van der Waals surface area contributed by atoms with E-state index < -0.39 is 0 Å². The van der Waals surface area contributed by atoms with Gasteiger partial charge in [-0.2, -0.15) is 0 Å². The van der Waals surface area contributed by atoms with Crippen LogP contribution in [0.5, 0.6) is 5.19 Å². The van der Waals surface area contributed by atoms with E-state index in [1.54, 1.807) is 6.07 Å². The van der Waals surface area contributed by atoms with Crippen molar-refractivity contribution in [1.82, 2.24) is 15.2 Å². The monoisotopic (exact) mass is 435 g/mol. The van der Waals surface area contributed by atoms with Crippen molar-refractivity contribution in [1.29, 1.82) is 0 Å². The summed E-state index contributed by atoms with van der Waals surface area (Å²) in [6, 6.07) is 18.8. The number of halogens is 1. The van der Waals surface area contributed by atoms with E-state index >= 15 is 0 Å². The zero-order valence-corrected chi connectivity index (χ0v) is 17.7. The summed E-state index contributed by atoms with van der Waals surface area (Å²) in [4.78, 5) is 18.9. The summed E-state index contributed by atoms with van der Waals surface area (Å²) in [6.45, 7) is 1.76. The number of hydrogen-bond donors (Lipinski definition) is 1. The average Bonchev–Trinajstić information content (AvgIpc) is 3.19. The van der Waals surface area contributed by atoms with Gasteiger partial charge in [-0.1, -0.05) is 53.8 Å². The Hall–Kier alpha value is -3.19. The van der Waals surface area contributed by atoms with Gasteiger partial charge in [0, 0.05) is 32.5 Å². The number of carbonyl (C=O) groups excluding carboxylic acids is 1. The van der Waals surface area contributed by atoms with Crippen LogP contribution in [-0.4, -0.2) is 35.1 Å². The molecule has 0 spiro atoms. The molecule has 0 atom stereocenters. The van der Waals surface area contributed by atoms with E-state index in [4.69, 9.17) is 4.74 Å². The lowest BCUT2D eigenvalue weighted by atomic mass is 10.0. The van der Waals surface area contributed by atoms with Crippen LogP contribution in [0.3, 0.4) is 0 Å². The molecule has 1 saturated heterocycles. The Bertz CT molecular complexity index is 1230. The van der Waals surface area contributed by atoms with Crippen molar-refractivity contribution in [3.63, 3.8) is 0 Å². The van der Waals surface area contributed by atoms with E-state index in [0.29, 0.717) is 24.8 Å². The Balaban J connectivity index is 1.15. The molecule has 0 saturated carbocycles. The molecule has 0 unspecified atom stereocenters. The lowest BCUT2D eigenvalue weighted by Gasteiger charge is -2.31. The van der Waals surface area contributed by atoms with Crippen LogP contribution >= 0.6 is 11.3 Å². The second-order valence-corrected chi connectivity index (χ2v) is 8.69. The van der Waals surface area contributed by atoms with Crippen LogP contribution in [0.15, 0.2) is 60.7 Å². The van der Waals surface area contributed by atoms with Crippen molar-refractivity contribution < 1.29 is 13.9 Å². The predicted molar refractivity (Wildman–Crippen MR) is 121 cm³/mol. The van der Waals surface area contributed by atoms with Crippen LogP contribution in [0.25, 0.3) is 21.0 Å². The quantitative estimate of drug-likeness (QED) is 0.471. The van der Waals surface area contributed by atoms with Gasteiger partial charge in [0.25, 0.3) is 5.19 Å². The summed E-state index contributed by atoms with van der Waals surface area (Å²) >= 11 is 1.35. The first-order valence-electron chi connectivity index (χ1n) is 10.4. The van der Waals surface area contributed by atoms with Gasteiger partial charge < -0.3 is 15.0 Å². The first-order chi connectivity index (χ1) is 15.2. The molecule has 5 rings (SSSR count). The smallest absolute Gasteiger partial charge is 0.317 e. The minimum Gasteiger partial charge on any atom is -0.467 e. The Morgan fingerprint density at radius 1 is 1.13 bits per heavy atom. The van der Waals surface area contributed by atoms with E-state index in [-0.39, 0.29) is 18.0 Å². The van der Waals surface area contributed by atoms with Crippen molar-refractivity contribution in [2.24, 2.45) is 0 Å². The van der Waals surface area contributed by atoms with Gasteiger partial charge in [-0.15, -0.1) is 0 Å². The second kappa shape index (κ2) is 8.51. The van der Waals surface area contributed by atoms with Crippen molar-refractivity contribution in [2.75, 3.05) is 13.1 Å². The number of hydrogen-bond acceptors (Lipinski definition) is 4. The highest BCUT2D eigenvalue weighted by molar-refractivity contribution is 7.20. The number of nitrogens with one attached hydrogen (secondary N) is 1. The van der Waals surface area contributed by atoms with Crippen LogP contribution in [-0.2, 0) is 6.54 Å². The number of fused-ring (bicyclic) bond motifs is 2. The third-order valence-corrected chi connectivity index (χ3v) is 6.55. The first-order valence-corrected chi connectivity index (χ1v) is 11.2. The maximum Gasteiger partial charge on any atom is 0.317 e. The third-order valence-electron chi connectivity index (χ3n) is 5.64. The molecular formula is C24H22FN3O2S. The summed E-state index contributed by atoms with van der Waals surface area (Å²) in [5, 5.41) is 5.94. The van der Waals surface area contributed by atoms with Gasteiger partial charge in [0.05, 0.1) is 10.2 Å². The van der Waals surface area contributed by atoms with Crippen LogP contribution in [0.4, 0.5) is 9.18 Å². The Morgan fingerprint density at radius 2 is 1.94 bits per heavy atom. The molecule has 1 aromatic heterocycles. The average molecular weight is 436 g/mol. The van der Waals surface area contributed by atoms with Gasteiger partial charge >= 0.3 is 6.03 Å². The highest BCUT2D eigenvalue weighted by Gasteiger charge is 2.24. The fourth-order valence-corrected chi connectivity index (χ4v) is 4.88. The number of likely N-dealkylation sites (tertiary alicyclic amines) is 1. The molecule has 7 heteroatoms. The summed E-state index contributed by atoms with van der Waals surface area (Å²) in [5.41, 5.74) is 1.85. The Kier molecular flexibility index (Phi) is 5.42. The van der Waals surface area contributed by atoms with Gasteiger partial charge in [-0.05, 0) is 34.5 Å². The molecule has 0 radical (unpaired) electrons. The largest absolute Gasteiger partial charge is 0.467 e. The number of amides is 2. The fourth-order valence-electron chi connectivity index (χ4n) is 3.98. The summed E-state index contributed by atoms with van der Waals surface area (Å²) < 4.78 is 20.2. The van der Waals surface area contributed by atoms with Crippen molar-refractivity contribution >= 4 is 38.4 Å². The third kappa shape index (κ3) is 4.32. The molecule has 1 fully saturated rings. The van der Waals surface area contributed by atoms with Crippen LogP contribution in [0, 0.1) is 5.82 Å². The fraction of sp³-hybridized carbons (Fsp3) is 0.250. The lowest BCUT2D eigenvalue weighted by Crippen LogP contribution is -2.46. The topological polar surface area (TPSA) is 54.5 Å². The molecule has 1 N–H and O–H groups in total. The maximum atomic E-state index is 13.4. The van der Waals surface area contributed by atoms with E-state index in [2.05, 4.69) is 28.5 Å². The molecular weight excluding hydrogens is 413 g/mol. The molecule has 31 heavy (non-hydrogen) atoms. The number of urea groups is 1. The molecule has 4 aromatic rings. The second-order valence-electron chi connectivity index (χ2n) is 7.69. The van der Waals surface area contributed by atoms with Crippen molar-refractivity contribution in [3.05, 3.63) is 72.0 Å². The highest BCUT2D eigenvalue weighted by atomic mass is 32.1. The number of piperidine rings is 1. The number of ether oxygens (including phenoxy) is 1. The highest BCUT2D eigenvalue weighted by Crippen LogP contribution is 2.30.